The van der Waals surface area contributed by atoms with Crippen LogP contribution in [0.1, 0.15) is 75.5 Å². The zero-order valence-electron chi connectivity index (χ0n) is 12.8. The molecule has 0 spiro atoms. The highest BCUT2D eigenvalue weighted by Crippen LogP contribution is 2.52. The topological polar surface area (TPSA) is 0 Å². The molecule has 0 N–H and O–H groups in total. The maximum atomic E-state index is 8.80. The van der Waals surface area contributed by atoms with E-state index in [1.54, 1.807) is 0 Å². The van der Waals surface area contributed by atoms with E-state index in [1.807, 2.05) is 0 Å². The maximum Gasteiger partial charge on any atom is 0.0311 e. The molecule has 0 aliphatic heterocycles. The molecular weight excluding hydrogens is 180 g/mol. The maximum absolute atomic E-state index is 8.80. The van der Waals surface area contributed by atoms with Gasteiger partial charge in [0.25, 0.3) is 0 Å². The molecule has 0 nitrogen and oxygen atoms in total. The van der Waals surface area contributed by atoms with Gasteiger partial charge in [-0.15, -0.1) is 0 Å². The van der Waals surface area contributed by atoms with Crippen molar-refractivity contribution in [2.24, 2.45) is 22.1 Å². The Labute approximate surface area is 98.2 Å². The molecule has 0 aromatic rings. The van der Waals surface area contributed by atoms with Gasteiger partial charge in [0.1, 0.15) is 0 Å². The highest BCUT2D eigenvalue weighted by Gasteiger charge is 2.42. The van der Waals surface area contributed by atoms with Crippen molar-refractivity contribution in [2.45, 2.75) is 74.1 Å². The Morgan fingerprint density at radius 2 is 1.40 bits per heavy atom. The summed E-state index contributed by atoms with van der Waals surface area (Å²) in [6.45, 7) is 15.8. The van der Waals surface area contributed by atoms with Gasteiger partial charge in [0.15, 0.2) is 0 Å². The van der Waals surface area contributed by atoms with Gasteiger partial charge in [0.05, 0.1) is 0 Å². The summed E-state index contributed by atoms with van der Waals surface area (Å²) in [5.41, 5.74) is 0.734. The van der Waals surface area contributed by atoms with Gasteiger partial charge in [-0.05, 0) is 47.8 Å². The molecule has 1 rings (SSSR count). The molecule has 0 aromatic carbocycles. The third-order valence-electron chi connectivity index (χ3n) is 4.74. The summed E-state index contributed by atoms with van der Waals surface area (Å²) >= 11 is 0. The summed E-state index contributed by atoms with van der Waals surface area (Å²) in [5.74, 6) is -0.337. The number of hydrogen-bond acceptors (Lipinski definition) is 0. The molecule has 0 heteroatoms. The molecule has 1 aliphatic carbocycles. The lowest BCUT2D eigenvalue weighted by atomic mass is 9.56. The van der Waals surface area contributed by atoms with E-state index in [9.17, 15) is 0 Å². The summed E-state index contributed by atoms with van der Waals surface area (Å²) in [6.07, 6.45) is 4.96. The Bertz CT molecular complexity index is 245. The quantitative estimate of drug-likeness (QED) is 0.554. The van der Waals surface area contributed by atoms with Crippen LogP contribution in [-0.2, 0) is 0 Å². The summed E-state index contributed by atoms with van der Waals surface area (Å²) in [7, 11) is 0. The first kappa shape index (κ1) is 11.5. The third kappa shape index (κ3) is 2.98. The van der Waals surface area contributed by atoms with E-state index < -0.39 is 0 Å². The van der Waals surface area contributed by atoms with E-state index in [-0.39, 0.29) is 16.7 Å². The Kier molecular flexibility index (Phi) is 2.90. The minimum atomic E-state index is -0.337. The van der Waals surface area contributed by atoms with Gasteiger partial charge < -0.3 is 0 Å². The predicted molar refractivity (Wildman–Crippen MR) is 69.0 cm³/mol. The first-order valence-electron chi connectivity index (χ1n) is 6.91. The zero-order valence-corrected chi connectivity index (χ0v) is 11.8. The van der Waals surface area contributed by atoms with E-state index in [0.29, 0.717) is 5.41 Å². The number of hydrogen-bond donors (Lipinski definition) is 0. The van der Waals surface area contributed by atoms with Crippen LogP contribution in [0.2, 0.25) is 0 Å². The molecular formula is C15H30. The van der Waals surface area contributed by atoms with Crippen molar-refractivity contribution in [3.63, 3.8) is 0 Å². The van der Waals surface area contributed by atoms with E-state index in [2.05, 4.69) is 48.5 Å². The average Bonchev–Trinajstić information content (AvgIpc) is 2.08. The van der Waals surface area contributed by atoms with Gasteiger partial charge in [0, 0.05) is 1.37 Å². The molecule has 0 bridgehead atoms. The second kappa shape index (κ2) is 3.79. The van der Waals surface area contributed by atoms with Crippen molar-refractivity contribution in [3.05, 3.63) is 0 Å². The lowest BCUT2D eigenvalue weighted by Gasteiger charge is -2.49. The molecule has 0 aromatic heterocycles. The molecule has 90 valence electrons. The third-order valence-corrected chi connectivity index (χ3v) is 4.74. The molecule has 1 saturated carbocycles. The van der Waals surface area contributed by atoms with E-state index in [4.69, 9.17) is 1.37 Å². The molecule has 1 unspecified atom stereocenters. The van der Waals surface area contributed by atoms with Crippen molar-refractivity contribution in [1.29, 1.82) is 0 Å². The Morgan fingerprint density at radius 1 is 1.00 bits per heavy atom. The van der Waals surface area contributed by atoms with Crippen molar-refractivity contribution in [3.8, 4) is 0 Å². The molecule has 15 heavy (non-hydrogen) atoms. The van der Waals surface area contributed by atoms with E-state index in [1.165, 1.54) is 25.7 Å². The van der Waals surface area contributed by atoms with Crippen LogP contribution in [-0.4, -0.2) is 0 Å². The van der Waals surface area contributed by atoms with Crippen molar-refractivity contribution in [2.75, 3.05) is 0 Å². The zero-order chi connectivity index (χ0) is 12.8. The molecule has 0 saturated heterocycles. The fourth-order valence-electron chi connectivity index (χ4n) is 2.76. The summed E-state index contributed by atoms with van der Waals surface area (Å²) in [5, 5.41) is 0. The van der Waals surface area contributed by atoms with Crippen molar-refractivity contribution in [1.82, 2.24) is 0 Å². The molecule has 0 radical (unpaired) electrons. The second-order valence-electron chi connectivity index (χ2n) is 7.60. The monoisotopic (exact) mass is 211 g/mol. The Balaban J connectivity index is 2.89. The second-order valence-corrected chi connectivity index (χ2v) is 7.60. The Morgan fingerprint density at radius 3 is 1.73 bits per heavy atom. The smallest absolute Gasteiger partial charge is 0.0311 e. The van der Waals surface area contributed by atoms with E-state index >= 15 is 0 Å². The van der Waals surface area contributed by atoms with Crippen molar-refractivity contribution >= 4 is 0 Å². The fourth-order valence-corrected chi connectivity index (χ4v) is 2.76. The minimum Gasteiger partial charge on any atom is -0.0615 e. The van der Waals surface area contributed by atoms with Gasteiger partial charge in [0.2, 0.25) is 0 Å². The lowest BCUT2D eigenvalue weighted by Crippen LogP contribution is -2.39. The minimum absolute atomic E-state index is 0.0588. The first-order chi connectivity index (χ1) is 6.91. The van der Waals surface area contributed by atoms with E-state index in [0.717, 1.165) is 0 Å². The standard InChI is InChI=1S/C15H30/c1-12(13(2,3)4)15(7)10-8-14(5,6)9-11-15/h12H,8-11H2,1-7H3/i12D. The van der Waals surface area contributed by atoms with Crippen LogP contribution in [0.5, 0.6) is 0 Å². The summed E-state index contributed by atoms with van der Waals surface area (Å²) in [6, 6.07) is 0. The van der Waals surface area contributed by atoms with Crippen LogP contribution in [0.4, 0.5) is 0 Å². The normalized spacial score (nSPS) is 30.5. The highest BCUT2D eigenvalue weighted by molar-refractivity contribution is 4.92. The average molecular weight is 211 g/mol. The largest absolute Gasteiger partial charge is 0.0615 e. The van der Waals surface area contributed by atoms with Crippen LogP contribution >= 0.6 is 0 Å². The molecule has 1 fully saturated rings. The fraction of sp³-hybridized carbons (Fsp3) is 1.00. The van der Waals surface area contributed by atoms with Crippen LogP contribution in [0, 0.1) is 22.1 Å². The van der Waals surface area contributed by atoms with Crippen LogP contribution in [0.15, 0.2) is 0 Å². The number of rotatable bonds is 1. The highest BCUT2D eigenvalue weighted by atomic mass is 14.5. The predicted octanol–water partition coefficient (Wildman–Crippen LogP) is 5.28. The van der Waals surface area contributed by atoms with Gasteiger partial charge in [-0.2, -0.15) is 0 Å². The molecule has 0 amide bonds. The molecule has 0 heterocycles. The first-order valence-corrected chi connectivity index (χ1v) is 6.41. The van der Waals surface area contributed by atoms with Gasteiger partial charge >= 0.3 is 0 Å². The van der Waals surface area contributed by atoms with Crippen molar-refractivity contribution < 1.29 is 1.37 Å². The van der Waals surface area contributed by atoms with Gasteiger partial charge in [-0.25, -0.2) is 0 Å². The SMILES string of the molecule is [2H]C(C)(C(C)(C)C)C1(C)CCC(C)(C)CC1. The lowest BCUT2D eigenvalue weighted by molar-refractivity contribution is 0.0144. The van der Waals surface area contributed by atoms with Crippen LogP contribution in [0.3, 0.4) is 0 Å². The molecule has 1 aliphatic rings. The van der Waals surface area contributed by atoms with Gasteiger partial charge in [-0.3, -0.25) is 0 Å². The summed E-state index contributed by atoms with van der Waals surface area (Å²) < 4.78 is 8.80. The Hall–Kier alpha value is 0. The van der Waals surface area contributed by atoms with Crippen LogP contribution in [0.25, 0.3) is 0 Å². The summed E-state index contributed by atoms with van der Waals surface area (Å²) in [4.78, 5) is 0. The molecule has 1 atom stereocenters. The van der Waals surface area contributed by atoms with Gasteiger partial charge in [-0.1, -0.05) is 48.5 Å². The van der Waals surface area contributed by atoms with Crippen LogP contribution < -0.4 is 0 Å².